The molecule has 0 heterocycles. The molecule has 1 aromatic carbocycles. The molecule has 0 saturated heterocycles. The first-order valence-electron chi connectivity index (χ1n) is 4.63. The molecule has 0 spiro atoms. The average molecular weight is 235 g/mol. The van der Waals surface area contributed by atoms with Crippen LogP contribution >= 0.6 is 11.6 Å². The first-order chi connectivity index (χ1) is 7.54. The number of carbonyl (C=O) groups is 1. The third-order valence-corrected chi connectivity index (χ3v) is 2.07. The van der Waals surface area contributed by atoms with Gasteiger partial charge in [-0.05, 0) is 12.1 Å². The second kappa shape index (κ2) is 5.34. The lowest BCUT2D eigenvalue weighted by atomic mass is 10.1. The second-order valence-corrected chi connectivity index (χ2v) is 3.89. The summed E-state index contributed by atoms with van der Waals surface area (Å²) in [7, 11) is 3.51. The molecule has 4 heteroatoms. The third-order valence-electron chi connectivity index (χ3n) is 1.84. The quantitative estimate of drug-likeness (QED) is 0.459. The smallest absolute Gasteiger partial charge is 0.205 e. The van der Waals surface area contributed by atoms with Gasteiger partial charge in [0.2, 0.25) is 5.78 Å². The number of hydrogen-bond donors (Lipinski definition) is 0. The molecule has 1 aromatic rings. The van der Waals surface area contributed by atoms with Crippen molar-refractivity contribution in [1.82, 2.24) is 4.90 Å². The Morgan fingerprint density at radius 1 is 1.50 bits per heavy atom. The van der Waals surface area contributed by atoms with E-state index in [0.29, 0.717) is 10.6 Å². The van der Waals surface area contributed by atoms with Crippen molar-refractivity contribution in [2.24, 2.45) is 0 Å². The molecule has 0 saturated carbocycles. The van der Waals surface area contributed by atoms with E-state index >= 15 is 0 Å². The Morgan fingerprint density at radius 2 is 2.19 bits per heavy atom. The van der Waals surface area contributed by atoms with Gasteiger partial charge in [-0.25, -0.2) is 0 Å². The predicted octanol–water partition coefficient (Wildman–Crippen LogP) is 2.49. The zero-order valence-corrected chi connectivity index (χ0v) is 9.82. The second-order valence-electron chi connectivity index (χ2n) is 3.46. The zero-order chi connectivity index (χ0) is 12.1. The number of benzene rings is 1. The van der Waals surface area contributed by atoms with Gasteiger partial charge < -0.3 is 4.90 Å². The van der Waals surface area contributed by atoms with Gasteiger partial charge in [0.15, 0.2) is 0 Å². The third kappa shape index (κ3) is 3.11. The van der Waals surface area contributed by atoms with E-state index in [1.54, 1.807) is 43.3 Å². The van der Waals surface area contributed by atoms with Crippen LogP contribution in [0.3, 0.4) is 0 Å². The van der Waals surface area contributed by atoms with Gasteiger partial charge in [0.25, 0.3) is 0 Å². The van der Waals surface area contributed by atoms with Gasteiger partial charge in [-0.2, -0.15) is 5.26 Å². The maximum atomic E-state index is 11.9. The minimum absolute atomic E-state index is 0.0901. The minimum Gasteiger partial charge on any atom is -0.382 e. The molecule has 16 heavy (non-hydrogen) atoms. The number of allylic oxidation sites excluding steroid dienone is 1. The molecule has 0 unspecified atom stereocenters. The number of nitrogens with zero attached hydrogens (tertiary/aromatic N) is 2. The lowest BCUT2D eigenvalue weighted by molar-refractivity contribution is 0.103. The Labute approximate surface area is 99.5 Å². The van der Waals surface area contributed by atoms with E-state index in [1.807, 2.05) is 6.07 Å². The van der Waals surface area contributed by atoms with E-state index in [9.17, 15) is 4.79 Å². The molecule has 0 fully saturated rings. The average Bonchev–Trinajstić information content (AvgIpc) is 2.24. The fourth-order valence-electron chi connectivity index (χ4n) is 1.18. The molecule has 1 rings (SSSR count). The van der Waals surface area contributed by atoms with Crippen LogP contribution in [0.15, 0.2) is 36.0 Å². The number of carbonyl (C=O) groups excluding carboxylic acids is 1. The van der Waals surface area contributed by atoms with Crippen molar-refractivity contribution in [3.8, 4) is 6.07 Å². The molecule has 0 bridgehead atoms. The molecule has 0 aliphatic heterocycles. The Hall–Kier alpha value is -1.79. The summed E-state index contributed by atoms with van der Waals surface area (Å²) in [6.07, 6.45) is 1.49. The van der Waals surface area contributed by atoms with Crippen LogP contribution in [0.5, 0.6) is 0 Å². The van der Waals surface area contributed by atoms with Gasteiger partial charge in [0.1, 0.15) is 11.6 Å². The Balaban J connectivity index is 3.07. The lowest BCUT2D eigenvalue weighted by Crippen LogP contribution is -2.08. The van der Waals surface area contributed by atoms with Crippen molar-refractivity contribution in [3.05, 3.63) is 46.6 Å². The minimum atomic E-state index is -0.321. The Morgan fingerprint density at radius 3 is 2.69 bits per heavy atom. The van der Waals surface area contributed by atoms with Crippen LogP contribution in [0.25, 0.3) is 0 Å². The van der Waals surface area contributed by atoms with Crippen LogP contribution in [0, 0.1) is 11.3 Å². The van der Waals surface area contributed by atoms with Gasteiger partial charge >= 0.3 is 0 Å². The van der Waals surface area contributed by atoms with E-state index in [1.165, 1.54) is 6.20 Å². The number of halogens is 1. The van der Waals surface area contributed by atoms with E-state index in [2.05, 4.69) is 0 Å². The number of hydrogen-bond acceptors (Lipinski definition) is 3. The van der Waals surface area contributed by atoms with E-state index < -0.39 is 0 Å². The van der Waals surface area contributed by atoms with Crippen LogP contribution in [0.1, 0.15) is 10.4 Å². The summed E-state index contributed by atoms with van der Waals surface area (Å²) >= 11 is 5.78. The van der Waals surface area contributed by atoms with E-state index in [0.717, 1.165) is 0 Å². The highest BCUT2D eigenvalue weighted by molar-refractivity contribution is 6.31. The van der Waals surface area contributed by atoms with Crippen LogP contribution < -0.4 is 0 Å². The molecule has 3 nitrogen and oxygen atoms in total. The summed E-state index contributed by atoms with van der Waals surface area (Å²) in [5.41, 5.74) is 0.509. The molecule has 0 aliphatic carbocycles. The number of ketones is 1. The first-order valence-corrected chi connectivity index (χ1v) is 5.01. The topological polar surface area (TPSA) is 44.1 Å². The van der Waals surface area contributed by atoms with E-state index in [-0.39, 0.29) is 11.4 Å². The normalized spacial score (nSPS) is 10.8. The van der Waals surface area contributed by atoms with Crippen LogP contribution in [0.2, 0.25) is 5.02 Å². The molecule has 0 atom stereocenters. The highest BCUT2D eigenvalue weighted by Crippen LogP contribution is 2.14. The number of rotatable bonds is 3. The van der Waals surface area contributed by atoms with Gasteiger partial charge in [0, 0.05) is 30.9 Å². The first kappa shape index (κ1) is 12.3. The van der Waals surface area contributed by atoms with Gasteiger partial charge in [-0.15, -0.1) is 0 Å². The maximum absolute atomic E-state index is 11.9. The van der Waals surface area contributed by atoms with E-state index in [4.69, 9.17) is 16.9 Å². The molecule has 0 aromatic heterocycles. The summed E-state index contributed by atoms with van der Waals surface area (Å²) < 4.78 is 0. The number of nitriles is 1. The summed E-state index contributed by atoms with van der Waals surface area (Å²) in [4.78, 5) is 13.5. The largest absolute Gasteiger partial charge is 0.382 e. The maximum Gasteiger partial charge on any atom is 0.205 e. The zero-order valence-electron chi connectivity index (χ0n) is 9.07. The van der Waals surface area contributed by atoms with Crippen LogP contribution in [-0.4, -0.2) is 24.8 Å². The van der Waals surface area contributed by atoms with Crippen molar-refractivity contribution in [3.63, 3.8) is 0 Å². The Kier molecular flexibility index (Phi) is 4.10. The standard InChI is InChI=1S/C12H11ClN2O/c1-15(2)8-10(7-14)12(16)9-4-3-5-11(13)6-9/h3-6,8H,1-2H3. The summed E-state index contributed by atoms with van der Waals surface area (Å²) in [5, 5.41) is 9.36. The summed E-state index contributed by atoms with van der Waals surface area (Å²) in [6.45, 7) is 0. The lowest BCUT2D eigenvalue weighted by Gasteiger charge is -2.06. The van der Waals surface area contributed by atoms with Crippen LogP contribution in [-0.2, 0) is 0 Å². The molecule has 0 aliphatic rings. The Bertz CT molecular complexity index is 472. The molecule has 82 valence electrons. The van der Waals surface area contributed by atoms with Gasteiger partial charge in [0.05, 0.1) is 0 Å². The molecular formula is C12H11ClN2O. The molecule has 0 radical (unpaired) electrons. The highest BCUT2D eigenvalue weighted by Gasteiger charge is 2.12. The highest BCUT2D eigenvalue weighted by atomic mass is 35.5. The fraction of sp³-hybridized carbons (Fsp3) is 0.167. The van der Waals surface area contributed by atoms with Gasteiger partial charge in [-0.1, -0.05) is 23.7 Å². The monoisotopic (exact) mass is 234 g/mol. The van der Waals surface area contributed by atoms with Gasteiger partial charge in [-0.3, -0.25) is 4.79 Å². The predicted molar refractivity (Wildman–Crippen MR) is 63.2 cm³/mol. The number of Topliss-reactive ketones (excluding diaryl/α,β-unsaturated/α-hetero) is 1. The molecule has 0 amide bonds. The van der Waals surface area contributed by atoms with Crippen molar-refractivity contribution in [1.29, 1.82) is 5.26 Å². The SMILES string of the molecule is CN(C)C=C(C#N)C(=O)c1cccc(Cl)c1. The van der Waals surface area contributed by atoms with Crippen LogP contribution in [0.4, 0.5) is 0 Å². The summed E-state index contributed by atoms with van der Waals surface area (Å²) in [5.74, 6) is -0.321. The van der Waals surface area contributed by atoms with Crippen molar-refractivity contribution in [2.75, 3.05) is 14.1 Å². The van der Waals surface area contributed by atoms with Crippen molar-refractivity contribution >= 4 is 17.4 Å². The molecule has 0 N–H and O–H groups in total. The summed E-state index contributed by atoms with van der Waals surface area (Å²) in [6, 6.07) is 8.42. The fourth-order valence-corrected chi connectivity index (χ4v) is 1.37. The molecular weight excluding hydrogens is 224 g/mol. The van der Waals surface area contributed by atoms with Crippen molar-refractivity contribution < 1.29 is 4.79 Å². The van der Waals surface area contributed by atoms with Crippen molar-refractivity contribution in [2.45, 2.75) is 0 Å².